The minimum Gasteiger partial charge on any atom is -0.492 e. The summed E-state index contributed by atoms with van der Waals surface area (Å²) in [7, 11) is -4.09. The summed E-state index contributed by atoms with van der Waals surface area (Å²) in [6.45, 7) is 1.35. The maximum atomic E-state index is 12.9. The second-order valence-electron chi connectivity index (χ2n) is 4.76. The number of sulfonamides is 1. The minimum atomic E-state index is -4.09. The highest BCUT2D eigenvalue weighted by Crippen LogP contribution is 2.32. The Hall–Kier alpha value is -2.25. The molecule has 0 bridgehead atoms. The number of para-hydroxylation sites is 2. The lowest BCUT2D eigenvalue weighted by Crippen LogP contribution is -2.36. The number of carboxylic acid groups (broad SMARTS) is 1. The van der Waals surface area contributed by atoms with E-state index in [2.05, 4.69) is 0 Å². The molecule has 0 aromatic heterocycles. The van der Waals surface area contributed by atoms with Gasteiger partial charge in [0.05, 0.1) is 17.2 Å². The van der Waals surface area contributed by atoms with Gasteiger partial charge in [-0.25, -0.2) is 8.42 Å². The van der Waals surface area contributed by atoms with Gasteiger partial charge in [0.1, 0.15) is 12.3 Å². The van der Waals surface area contributed by atoms with E-state index in [-0.39, 0.29) is 10.6 Å². The number of hydrogen-bond acceptors (Lipinski definition) is 4. The van der Waals surface area contributed by atoms with E-state index in [9.17, 15) is 13.2 Å². The summed E-state index contributed by atoms with van der Waals surface area (Å²) >= 11 is 5.79. The summed E-state index contributed by atoms with van der Waals surface area (Å²) in [4.78, 5) is 11.2. The Morgan fingerprint density at radius 1 is 1.17 bits per heavy atom. The second-order valence-corrected chi connectivity index (χ2v) is 7.06. The minimum absolute atomic E-state index is 0.0561. The molecule has 0 saturated heterocycles. The van der Waals surface area contributed by atoms with Crippen molar-refractivity contribution in [1.29, 1.82) is 0 Å². The van der Waals surface area contributed by atoms with Gasteiger partial charge in [0.15, 0.2) is 0 Å². The first-order valence-electron chi connectivity index (χ1n) is 7.08. The third-order valence-corrected chi connectivity index (χ3v) is 5.14. The van der Waals surface area contributed by atoms with Gasteiger partial charge < -0.3 is 9.84 Å². The molecule has 8 heteroatoms. The van der Waals surface area contributed by atoms with Crippen LogP contribution in [0.25, 0.3) is 0 Å². The summed E-state index contributed by atoms with van der Waals surface area (Å²) in [5.74, 6) is -0.988. The molecule has 0 amide bonds. The fraction of sp³-hybridized carbons (Fsp3) is 0.188. The molecule has 128 valence electrons. The number of aliphatic carboxylic acids is 1. The van der Waals surface area contributed by atoms with Crippen molar-refractivity contribution in [2.75, 3.05) is 17.5 Å². The third-order valence-electron chi connectivity index (χ3n) is 3.11. The summed E-state index contributed by atoms with van der Waals surface area (Å²) in [6, 6.07) is 11.9. The number of nitrogens with zero attached hydrogens (tertiary/aromatic N) is 1. The van der Waals surface area contributed by atoms with Crippen molar-refractivity contribution in [3.8, 4) is 5.75 Å². The first kappa shape index (κ1) is 18.1. The predicted molar refractivity (Wildman–Crippen MR) is 91.2 cm³/mol. The molecule has 0 atom stereocenters. The molecule has 0 radical (unpaired) electrons. The molecule has 2 aromatic rings. The molecular weight excluding hydrogens is 354 g/mol. The number of rotatable bonds is 7. The summed E-state index contributed by atoms with van der Waals surface area (Å²) in [5, 5.41) is 9.54. The zero-order chi connectivity index (χ0) is 17.7. The zero-order valence-electron chi connectivity index (χ0n) is 12.8. The molecule has 6 nitrogen and oxygen atoms in total. The van der Waals surface area contributed by atoms with E-state index in [4.69, 9.17) is 21.4 Å². The quantitative estimate of drug-likeness (QED) is 0.811. The molecule has 1 N–H and O–H groups in total. The van der Waals surface area contributed by atoms with Crippen LogP contribution in [0.5, 0.6) is 5.75 Å². The Kier molecular flexibility index (Phi) is 5.69. The monoisotopic (exact) mass is 369 g/mol. The van der Waals surface area contributed by atoms with Crippen LogP contribution in [0.1, 0.15) is 6.92 Å². The smallest absolute Gasteiger partial charge is 0.324 e. The van der Waals surface area contributed by atoms with E-state index in [0.29, 0.717) is 17.4 Å². The van der Waals surface area contributed by atoms with E-state index in [0.717, 1.165) is 4.31 Å². The highest BCUT2D eigenvalue weighted by atomic mass is 35.5. The Balaban J connectivity index is 2.57. The highest BCUT2D eigenvalue weighted by molar-refractivity contribution is 7.92. The van der Waals surface area contributed by atoms with E-state index in [1.54, 1.807) is 25.1 Å². The molecule has 0 aliphatic heterocycles. The number of anilines is 1. The fourth-order valence-corrected chi connectivity index (χ4v) is 3.65. The number of benzene rings is 2. The largest absolute Gasteiger partial charge is 0.492 e. The van der Waals surface area contributed by atoms with Crippen LogP contribution in [-0.2, 0) is 14.8 Å². The lowest BCUT2D eigenvalue weighted by Gasteiger charge is -2.24. The van der Waals surface area contributed by atoms with Gasteiger partial charge in [-0.05, 0) is 43.3 Å². The van der Waals surface area contributed by atoms with Crippen molar-refractivity contribution in [2.24, 2.45) is 0 Å². The van der Waals surface area contributed by atoms with Gasteiger partial charge >= 0.3 is 5.97 Å². The SMILES string of the molecule is CCOc1ccccc1N(CC(=O)O)S(=O)(=O)c1ccc(Cl)cc1. The number of halogens is 1. The molecule has 0 aliphatic carbocycles. The molecule has 0 saturated carbocycles. The average Bonchev–Trinajstić information content (AvgIpc) is 2.54. The topological polar surface area (TPSA) is 83.9 Å². The zero-order valence-corrected chi connectivity index (χ0v) is 14.4. The van der Waals surface area contributed by atoms with Gasteiger partial charge in [0, 0.05) is 5.02 Å². The van der Waals surface area contributed by atoms with Crippen molar-refractivity contribution in [3.05, 3.63) is 53.6 Å². The fourth-order valence-electron chi connectivity index (χ4n) is 2.10. The van der Waals surface area contributed by atoms with Crippen LogP contribution in [0.2, 0.25) is 5.02 Å². The molecule has 2 rings (SSSR count). The lowest BCUT2D eigenvalue weighted by atomic mass is 10.3. The first-order valence-corrected chi connectivity index (χ1v) is 8.90. The lowest BCUT2D eigenvalue weighted by molar-refractivity contribution is -0.135. The van der Waals surface area contributed by atoms with Gasteiger partial charge in [0.25, 0.3) is 10.0 Å². The number of carbonyl (C=O) groups is 1. The summed E-state index contributed by atoms with van der Waals surface area (Å²) in [6.07, 6.45) is 0. The molecule has 24 heavy (non-hydrogen) atoms. The van der Waals surface area contributed by atoms with Crippen LogP contribution in [0.3, 0.4) is 0 Å². The Morgan fingerprint density at radius 3 is 2.38 bits per heavy atom. The van der Waals surface area contributed by atoms with Crippen molar-refractivity contribution in [1.82, 2.24) is 0 Å². The van der Waals surface area contributed by atoms with Crippen molar-refractivity contribution < 1.29 is 23.1 Å². The van der Waals surface area contributed by atoms with Crippen molar-refractivity contribution in [2.45, 2.75) is 11.8 Å². The molecule has 0 fully saturated rings. The third kappa shape index (κ3) is 3.98. The number of ether oxygens (including phenoxy) is 1. The van der Waals surface area contributed by atoms with Gasteiger partial charge in [0.2, 0.25) is 0 Å². The van der Waals surface area contributed by atoms with E-state index in [1.165, 1.54) is 30.3 Å². The van der Waals surface area contributed by atoms with Gasteiger partial charge in [-0.15, -0.1) is 0 Å². The maximum Gasteiger partial charge on any atom is 0.324 e. The molecular formula is C16H16ClNO5S. The van der Waals surface area contributed by atoms with Gasteiger partial charge in [-0.2, -0.15) is 0 Å². The highest BCUT2D eigenvalue weighted by Gasteiger charge is 2.29. The number of hydrogen-bond donors (Lipinski definition) is 1. The molecule has 0 unspecified atom stereocenters. The van der Waals surface area contributed by atoms with Crippen molar-refractivity contribution in [3.63, 3.8) is 0 Å². The van der Waals surface area contributed by atoms with Crippen LogP contribution in [0.15, 0.2) is 53.4 Å². The van der Waals surface area contributed by atoms with Crippen LogP contribution in [0, 0.1) is 0 Å². The second kappa shape index (κ2) is 7.55. The van der Waals surface area contributed by atoms with Crippen LogP contribution in [-0.4, -0.2) is 32.6 Å². The normalized spacial score (nSPS) is 11.1. The van der Waals surface area contributed by atoms with E-state index in [1.807, 2.05) is 0 Å². The van der Waals surface area contributed by atoms with Crippen LogP contribution < -0.4 is 9.04 Å². The van der Waals surface area contributed by atoms with Crippen LogP contribution in [0.4, 0.5) is 5.69 Å². The molecule has 0 spiro atoms. The predicted octanol–water partition coefficient (Wildman–Crippen LogP) is 3.02. The van der Waals surface area contributed by atoms with Gasteiger partial charge in [-0.3, -0.25) is 9.10 Å². The standard InChI is InChI=1S/C16H16ClNO5S/c1-2-23-15-6-4-3-5-14(15)18(11-16(19)20)24(21,22)13-9-7-12(17)8-10-13/h3-10H,2,11H2,1H3,(H,19,20). The Bertz CT molecular complexity index is 821. The number of carboxylic acids is 1. The van der Waals surface area contributed by atoms with Gasteiger partial charge in [-0.1, -0.05) is 23.7 Å². The maximum absolute atomic E-state index is 12.9. The molecule has 2 aromatic carbocycles. The van der Waals surface area contributed by atoms with Crippen molar-refractivity contribution >= 4 is 33.3 Å². The first-order chi connectivity index (χ1) is 11.4. The molecule has 0 aliphatic rings. The summed E-state index contributed by atoms with van der Waals surface area (Å²) < 4.78 is 32.0. The van der Waals surface area contributed by atoms with E-state index < -0.39 is 22.5 Å². The van der Waals surface area contributed by atoms with E-state index >= 15 is 0 Å². The Labute approximate surface area is 145 Å². The molecule has 0 heterocycles. The summed E-state index contributed by atoms with van der Waals surface area (Å²) in [5.41, 5.74) is 0.164. The Morgan fingerprint density at radius 2 is 1.79 bits per heavy atom. The van der Waals surface area contributed by atoms with Crippen LogP contribution >= 0.6 is 11.6 Å². The average molecular weight is 370 g/mol.